The zero-order valence-corrected chi connectivity index (χ0v) is 15.7. The van der Waals surface area contributed by atoms with E-state index in [1.165, 1.54) is 37.4 Å². The Bertz CT molecular complexity index is 884. The molecule has 0 saturated carbocycles. The van der Waals surface area contributed by atoms with Crippen LogP contribution in [0.5, 0.6) is 5.75 Å². The Kier molecular flexibility index (Phi) is 6.12. The van der Waals surface area contributed by atoms with Crippen molar-refractivity contribution in [2.45, 2.75) is 25.1 Å². The van der Waals surface area contributed by atoms with Gasteiger partial charge in [0.15, 0.2) is 0 Å². The minimum atomic E-state index is -4.61. The van der Waals surface area contributed by atoms with E-state index in [9.17, 15) is 27.5 Å². The van der Waals surface area contributed by atoms with Gasteiger partial charge in [0, 0.05) is 12.1 Å². The number of aliphatic carboxylic acids is 1. The molecule has 0 bridgehead atoms. The molecule has 1 heterocycles. The lowest BCUT2D eigenvalue weighted by atomic mass is 9.88. The maximum atomic E-state index is 14.1. The average Bonchev–Trinajstić information content (AvgIpc) is 2.68. The van der Waals surface area contributed by atoms with Crippen LogP contribution in [0.25, 0.3) is 0 Å². The lowest BCUT2D eigenvalue weighted by Crippen LogP contribution is -2.42. The Balaban J connectivity index is 2.19. The molecule has 4 nitrogen and oxygen atoms in total. The Morgan fingerprint density at radius 3 is 2.59 bits per heavy atom. The van der Waals surface area contributed by atoms with Crippen LogP contribution in [0.1, 0.15) is 35.6 Å². The first-order valence-electron chi connectivity index (χ1n) is 9.18. The summed E-state index contributed by atoms with van der Waals surface area (Å²) in [4.78, 5) is 13.2. The first-order valence-corrected chi connectivity index (χ1v) is 9.18. The van der Waals surface area contributed by atoms with Crippen LogP contribution in [0, 0.1) is 11.7 Å². The predicted octanol–water partition coefficient (Wildman–Crippen LogP) is 4.74. The number of methoxy groups -OCH3 is 1. The van der Waals surface area contributed by atoms with E-state index in [1.54, 1.807) is 4.90 Å². The van der Waals surface area contributed by atoms with Crippen LogP contribution >= 0.6 is 0 Å². The highest BCUT2D eigenvalue weighted by atomic mass is 19.4. The van der Waals surface area contributed by atoms with Gasteiger partial charge in [-0.05, 0) is 49.2 Å². The summed E-state index contributed by atoms with van der Waals surface area (Å²) in [5, 5.41) is 9.42. The normalized spacial score (nSPS) is 19.0. The maximum Gasteiger partial charge on any atom is 0.416 e. The topological polar surface area (TPSA) is 49.8 Å². The van der Waals surface area contributed by atoms with Gasteiger partial charge in [0.05, 0.1) is 24.6 Å². The molecule has 0 aromatic heterocycles. The van der Waals surface area contributed by atoms with Crippen molar-refractivity contribution in [3.05, 3.63) is 65.0 Å². The minimum Gasteiger partial charge on any atom is -0.496 e. The van der Waals surface area contributed by atoms with Gasteiger partial charge in [-0.3, -0.25) is 9.69 Å². The molecule has 2 atom stereocenters. The highest BCUT2D eigenvalue weighted by Crippen LogP contribution is 2.42. The SMILES string of the molecule is COc1ccc(F)cc1C(c1ccccc1C(F)(F)F)N1CCCC(C(=O)O)C1. The molecule has 1 fully saturated rings. The Labute approximate surface area is 165 Å². The van der Waals surface area contributed by atoms with Crippen LogP contribution in [-0.2, 0) is 11.0 Å². The summed E-state index contributed by atoms with van der Waals surface area (Å²) in [6.07, 6.45) is -3.66. The number of hydrogen-bond donors (Lipinski definition) is 1. The number of piperidine rings is 1. The number of rotatable bonds is 5. The van der Waals surface area contributed by atoms with Gasteiger partial charge in [0.2, 0.25) is 0 Å². The maximum absolute atomic E-state index is 14.1. The van der Waals surface area contributed by atoms with Crippen molar-refractivity contribution >= 4 is 5.97 Å². The zero-order chi connectivity index (χ0) is 21.2. The predicted molar refractivity (Wildman–Crippen MR) is 98.2 cm³/mol. The second kappa shape index (κ2) is 8.41. The van der Waals surface area contributed by atoms with Crippen LogP contribution in [0.2, 0.25) is 0 Å². The molecular weight excluding hydrogens is 390 g/mol. The summed E-state index contributed by atoms with van der Waals surface area (Å²) in [6.45, 7) is 0.451. The minimum absolute atomic E-state index is 0.0602. The quantitative estimate of drug-likeness (QED) is 0.723. The molecule has 0 spiro atoms. The molecule has 2 unspecified atom stereocenters. The van der Waals surface area contributed by atoms with Gasteiger partial charge < -0.3 is 9.84 Å². The number of benzene rings is 2. The number of alkyl halides is 3. The fourth-order valence-electron chi connectivity index (χ4n) is 3.92. The van der Waals surface area contributed by atoms with Gasteiger partial charge in [-0.2, -0.15) is 13.2 Å². The van der Waals surface area contributed by atoms with E-state index in [0.717, 1.165) is 12.1 Å². The largest absolute Gasteiger partial charge is 0.496 e. The number of nitrogens with zero attached hydrogens (tertiary/aromatic N) is 1. The van der Waals surface area contributed by atoms with E-state index in [1.807, 2.05) is 0 Å². The highest BCUT2D eigenvalue weighted by molar-refractivity contribution is 5.70. The van der Waals surface area contributed by atoms with Crippen LogP contribution in [0.4, 0.5) is 17.6 Å². The van der Waals surface area contributed by atoms with E-state index in [4.69, 9.17) is 4.74 Å². The number of ether oxygens (including phenoxy) is 1. The van der Waals surface area contributed by atoms with Crippen molar-refractivity contribution in [1.29, 1.82) is 0 Å². The van der Waals surface area contributed by atoms with Gasteiger partial charge in [-0.15, -0.1) is 0 Å². The number of carboxylic acid groups (broad SMARTS) is 1. The van der Waals surface area contributed by atoms with Gasteiger partial charge in [0.25, 0.3) is 0 Å². The third-order valence-electron chi connectivity index (χ3n) is 5.21. The van der Waals surface area contributed by atoms with Crippen molar-refractivity contribution in [3.8, 4) is 5.75 Å². The third kappa shape index (κ3) is 4.53. The highest BCUT2D eigenvalue weighted by Gasteiger charge is 2.39. The zero-order valence-electron chi connectivity index (χ0n) is 15.7. The van der Waals surface area contributed by atoms with Crippen LogP contribution in [0.15, 0.2) is 42.5 Å². The summed E-state index contributed by atoms with van der Waals surface area (Å²) >= 11 is 0. The van der Waals surface area contributed by atoms with Crippen molar-refractivity contribution in [2.75, 3.05) is 20.2 Å². The fraction of sp³-hybridized carbons (Fsp3) is 0.381. The molecule has 0 aliphatic carbocycles. The summed E-state index contributed by atoms with van der Waals surface area (Å²) in [5.74, 6) is -2.07. The van der Waals surface area contributed by atoms with Crippen LogP contribution < -0.4 is 4.74 Å². The second-order valence-electron chi connectivity index (χ2n) is 7.05. The fourth-order valence-corrected chi connectivity index (χ4v) is 3.92. The van der Waals surface area contributed by atoms with E-state index in [2.05, 4.69) is 0 Å². The molecule has 29 heavy (non-hydrogen) atoms. The third-order valence-corrected chi connectivity index (χ3v) is 5.21. The number of carboxylic acids is 1. The van der Waals surface area contributed by atoms with Crippen LogP contribution in [-0.4, -0.2) is 36.2 Å². The van der Waals surface area contributed by atoms with Gasteiger partial charge in [-0.1, -0.05) is 18.2 Å². The molecule has 0 amide bonds. The molecular formula is C21H21F4NO3. The van der Waals surface area contributed by atoms with Crippen LogP contribution in [0.3, 0.4) is 0 Å². The molecule has 8 heteroatoms. The summed E-state index contributed by atoms with van der Waals surface area (Å²) in [6, 6.07) is 7.80. The number of hydrogen-bond acceptors (Lipinski definition) is 3. The average molecular weight is 411 g/mol. The second-order valence-corrected chi connectivity index (χ2v) is 7.05. The Morgan fingerprint density at radius 1 is 1.21 bits per heavy atom. The lowest BCUT2D eigenvalue weighted by molar-refractivity contribution is -0.144. The van der Waals surface area contributed by atoms with E-state index in [0.29, 0.717) is 19.4 Å². The molecule has 2 aromatic rings. The van der Waals surface area contributed by atoms with Crippen molar-refractivity contribution < 1.29 is 32.2 Å². The Morgan fingerprint density at radius 2 is 1.93 bits per heavy atom. The number of halogens is 4. The molecule has 1 saturated heterocycles. The molecule has 156 valence electrons. The molecule has 1 aliphatic rings. The molecule has 1 N–H and O–H groups in total. The number of likely N-dealkylation sites (tertiary alicyclic amines) is 1. The molecule has 3 rings (SSSR count). The monoisotopic (exact) mass is 411 g/mol. The Hall–Kier alpha value is -2.61. The number of carbonyl (C=O) groups is 1. The van der Waals surface area contributed by atoms with Gasteiger partial charge >= 0.3 is 12.1 Å². The van der Waals surface area contributed by atoms with E-state index >= 15 is 0 Å². The molecule has 1 aliphatic heterocycles. The smallest absolute Gasteiger partial charge is 0.416 e. The standard InChI is InChI=1S/C21H21F4NO3/c1-29-18-9-8-14(22)11-16(18)19(26-10-4-5-13(12-26)20(27)28)15-6-2-3-7-17(15)21(23,24)25/h2-3,6-9,11,13,19H,4-5,10,12H2,1H3,(H,27,28). The van der Waals surface area contributed by atoms with E-state index < -0.39 is 35.5 Å². The lowest BCUT2D eigenvalue weighted by Gasteiger charge is -2.38. The van der Waals surface area contributed by atoms with Crippen molar-refractivity contribution in [3.63, 3.8) is 0 Å². The van der Waals surface area contributed by atoms with Crippen molar-refractivity contribution in [1.82, 2.24) is 4.90 Å². The summed E-state index contributed by atoms with van der Waals surface area (Å²) in [7, 11) is 1.36. The summed E-state index contributed by atoms with van der Waals surface area (Å²) in [5.41, 5.74) is -0.668. The van der Waals surface area contributed by atoms with Gasteiger partial charge in [0.1, 0.15) is 11.6 Å². The van der Waals surface area contributed by atoms with E-state index in [-0.39, 0.29) is 23.4 Å². The summed E-state index contributed by atoms with van der Waals surface area (Å²) < 4.78 is 60.6. The van der Waals surface area contributed by atoms with Gasteiger partial charge in [-0.25, -0.2) is 4.39 Å². The van der Waals surface area contributed by atoms with Crippen molar-refractivity contribution in [2.24, 2.45) is 5.92 Å². The molecule has 2 aromatic carbocycles. The first kappa shape index (κ1) is 21.1. The first-order chi connectivity index (χ1) is 13.7. The molecule has 0 radical (unpaired) electrons.